The number of carbonyl (C=O) groups excluding carboxylic acids is 2. The van der Waals surface area contributed by atoms with Gasteiger partial charge in [0, 0.05) is 24.0 Å². The minimum atomic E-state index is -0.270. The highest BCUT2D eigenvalue weighted by Gasteiger charge is 2.48. The van der Waals surface area contributed by atoms with Crippen molar-refractivity contribution in [1.29, 1.82) is 0 Å². The van der Waals surface area contributed by atoms with E-state index in [2.05, 4.69) is 0 Å². The topological polar surface area (TPSA) is 49.9 Å². The van der Waals surface area contributed by atoms with Gasteiger partial charge in [-0.3, -0.25) is 4.79 Å². The molecule has 0 unspecified atom stereocenters. The highest BCUT2D eigenvalue weighted by molar-refractivity contribution is 8.00. The summed E-state index contributed by atoms with van der Waals surface area (Å²) in [6.45, 7) is 2.05. The summed E-state index contributed by atoms with van der Waals surface area (Å²) in [6, 6.07) is 6.38. The van der Waals surface area contributed by atoms with Crippen LogP contribution in [0.3, 0.4) is 0 Å². The summed E-state index contributed by atoms with van der Waals surface area (Å²) >= 11 is 1.43. The summed E-state index contributed by atoms with van der Waals surface area (Å²) < 4.78 is 18.8. The lowest BCUT2D eigenvalue weighted by Gasteiger charge is -2.36. The van der Waals surface area contributed by atoms with E-state index in [9.17, 15) is 14.0 Å². The first-order valence-corrected chi connectivity index (χ1v) is 11.2. The number of carbonyl (C=O) groups is 2. The lowest BCUT2D eigenvalue weighted by atomic mass is 9.84. The number of halogens is 1. The smallest absolute Gasteiger partial charge is 0.410 e. The number of thioether (sulfide) groups is 1. The van der Waals surface area contributed by atoms with E-state index in [4.69, 9.17) is 4.74 Å². The first kappa shape index (κ1) is 19.6. The first-order chi connectivity index (χ1) is 13.5. The maximum Gasteiger partial charge on any atom is 0.410 e. The Kier molecular flexibility index (Phi) is 5.80. The highest BCUT2D eigenvalue weighted by Crippen LogP contribution is 2.38. The summed E-state index contributed by atoms with van der Waals surface area (Å²) in [5, 5.41) is 0. The molecule has 1 saturated carbocycles. The minimum Gasteiger partial charge on any atom is -0.441 e. The Balaban J connectivity index is 1.25. The average molecular weight is 407 g/mol. The first-order valence-electron chi connectivity index (χ1n) is 10.2. The zero-order chi connectivity index (χ0) is 19.6. The Morgan fingerprint density at radius 3 is 2.50 bits per heavy atom. The molecule has 1 spiro atoms. The zero-order valence-corrected chi connectivity index (χ0v) is 16.9. The third-order valence-electron chi connectivity index (χ3n) is 6.20. The van der Waals surface area contributed by atoms with Crippen LogP contribution in [-0.4, -0.2) is 58.8 Å². The van der Waals surface area contributed by atoms with Crippen LogP contribution in [0.25, 0.3) is 0 Å². The zero-order valence-electron chi connectivity index (χ0n) is 16.1. The molecule has 2 saturated heterocycles. The normalized spacial score (nSPS) is 22.5. The monoisotopic (exact) mass is 406 g/mol. The molecule has 0 aromatic heterocycles. The number of hydrogen-bond donors (Lipinski definition) is 0. The summed E-state index contributed by atoms with van der Waals surface area (Å²) in [7, 11) is 0. The molecule has 2 heterocycles. The van der Waals surface area contributed by atoms with E-state index in [0.717, 1.165) is 43.4 Å². The second-order valence-electron chi connectivity index (χ2n) is 8.09. The Bertz CT molecular complexity index is 713. The van der Waals surface area contributed by atoms with Gasteiger partial charge in [-0.25, -0.2) is 9.18 Å². The molecule has 2 aliphatic heterocycles. The van der Waals surface area contributed by atoms with Gasteiger partial charge in [-0.2, -0.15) is 0 Å². The van der Waals surface area contributed by atoms with Gasteiger partial charge in [-0.05, 0) is 62.8 Å². The van der Waals surface area contributed by atoms with Crippen LogP contribution in [0.5, 0.6) is 0 Å². The molecule has 28 heavy (non-hydrogen) atoms. The molecular weight excluding hydrogens is 379 g/mol. The van der Waals surface area contributed by atoms with Crippen molar-refractivity contribution in [2.75, 3.05) is 25.4 Å². The van der Waals surface area contributed by atoms with E-state index in [1.54, 1.807) is 12.1 Å². The molecule has 152 valence electrons. The van der Waals surface area contributed by atoms with Gasteiger partial charge < -0.3 is 14.5 Å². The van der Waals surface area contributed by atoms with Gasteiger partial charge in [-0.15, -0.1) is 11.8 Å². The average Bonchev–Trinajstić information content (AvgIpc) is 3.03. The van der Waals surface area contributed by atoms with Crippen molar-refractivity contribution >= 4 is 23.8 Å². The third-order valence-corrected chi connectivity index (χ3v) is 7.19. The van der Waals surface area contributed by atoms with E-state index in [0.29, 0.717) is 25.4 Å². The number of nitrogens with zero attached hydrogens (tertiary/aromatic N) is 2. The van der Waals surface area contributed by atoms with Crippen molar-refractivity contribution in [3.05, 3.63) is 30.1 Å². The fourth-order valence-electron chi connectivity index (χ4n) is 4.58. The number of piperidine rings is 1. The predicted molar refractivity (Wildman–Crippen MR) is 106 cm³/mol. The van der Waals surface area contributed by atoms with E-state index in [1.165, 1.54) is 30.3 Å². The van der Waals surface area contributed by atoms with Crippen molar-refractivity contribution in [3.8, 4) is 0 Å². The van der Waals surface area contributed by atoms with Crippen molar-refractivity contribution in [1.82, 2.24) is 9.80 Å². The summed E-state index contributed by atoms with van der Waals surface area (Å²) in [4.78, 5) is 29.6. The van der Waals surface area contributed by atoms with Gasteiger partial charge in [-0.1, -0.05) is 6.42 Å². The molecule has 0 radical (unpaired) electrons. The van der Waals surface area contributed by atoms with Crippen LogP contribution in [-0.2, 0) is 9.53 Å². The Labute approximate surface area is 169 Å². The van der Waals surface area contributed by atoms with Crippen LogP contribution in [0.1, 0.15) is 44.9 Å². The van der Waals surface area contributed by atoms with E-state index in [1.807, 2.05) is 9.80 Å². The molecule has 3 fully saturated rings. The van der Waals surface area contributed by atoms with Gasteiger partial charge in [0.2, 0.25) is 5.91 Å². The SMILES string of the molecule is O=C(CSc1ccc(F)cc1)N1CCC(N2CC3(CCCCC3)OC2=O)CC1. The standard InChI is InChI=1S/C21H27FN2O3S/c22-16-4-6-18(7-5-16)28-14-19(25)23-12-8-17(9-13-23)24-15-21(27-20(24)26)10-2-1-3-11-21/h4-7,17H,1-3,8-15H2. The van der Waals surface area contributed by atoms with Crippen LogP contribution >= 0.6 is 11.8 Å². The number of hydrogen-bond acceptors (Lipinski definition) is 4. The molecule has 2 amide bonds. The molecule has 0 bridgehead atoms. The van der Waals surface area contributed by atoms with E-state index >= 15 is 0 Å². The second-order valence-corrected chi connectivity index (χ2v) is 9.14. The molecule has 5 nitrogen and oxygen atoms in total. The van der Waals surface area contributed by atoms with Crippen molar-refractivity contribution in [3.63, 3.8) is 0 Å². The predicted octanol–water partition coefficient (Wildman–Crippen LogP) is 4.06. The summed E-state index contributed by atoms with van der Waals surface area (Å²) in [5.74, 6) is 0.180. The molecule has 1 aromatic carbocycles. The quantitative estimate of drug-likeness (QED) is 0.708. The number of likely N-dealkylation sites (tertiary alicyclic amines) is 1. The second kappa shape index (κ2) is 8.31. The van der Waals surface area contributed by atoms with Crippen molar-refractivity contribution in [2.24, 2.45) is 0 Å². The summed E-state index contributed by atoms with van der Waals surface area (Å²) in [5.41, 5.74) is -0.256. The lowest BCUT2D eigenvalue weighted by molar-refractivity contribution is -0.129. The number of amides is 2. The third kappa shape index (κ3) is 4.29. The van der Waals surface area contributed by atoms with Crippen LogP contribution in [0.4, 0.5) is 9.18 Å². The maximum absolute atomic E-state index is 13.0. The number of rotatable bonds is 4. The molecule has 0 N–H and O–H groups in total. The Morgan fingerprint density at radius 2 is 1.82 bits per heavy atom. The van der Waals surface area contributed by atoms with Gasteiger partial charge in [0.25, 0.3) is 0 Å². The number of benzene rings is 1. The van der Waals surface area contributed by atoms with Gasteiger partial charge in [0.05, 0.1) is 12.3 Å². The van der Waals surface area contributed by atoms with Gasteiger partial charge in [0.1, 0.15) is 11.4 Å². The molecule has 1 aliphatic carbocycles. The Morgan fingerprint density at radius 1 is 1.14 bits per heavy atom. The molecule has 4 rings (SSSR count). The summed E-state index contributed by atoms with van der Waals surface area (Å²) in [6.07, 6.45) is 6.91. The minimum absolute atomic E-state index is 0.0977. The van der Waals surface area contributed by atoms with Crippen LogP contribution in [0, 0.1) is 5.82 Å². The van der Waals surface area contributed by atoms with Crippen LogP contribution in [0.15, 0.2) is 29.2 Å². The van der Waals surface area contributed by atoms with Crippen molar-refractivity contribution < 1.29 is 18.7 Å². The number of ether oxygens (including phenoxy) is 1. The largest absolute Gasteiger partial charge is 0.441 e. The molecule has 3 aliphatic rings. The van der Waals surface area contributed by atoms with Gasteiger partial charge >= 0.3 is 6.09 Å². The maximum atomic E-state index is 13.0. The molecule has 0 atom stereocenters. The van der Waals surface area contributed by atoms with E-state index < -0.39 is 0 Å². The molecular formula is C21H27FN2O3S. The lowest BCUT2D eigenvalue weighted by Crippen LogP contribution is -2.48. The van der Waals surface area contributed by atoms with Crippen molar-refractivity contribution in [2.45, 2.75) is 61.5 Å². The Hall–Kier alpha value is -1.76. The fourth-order valence-corrected chi connectivity index (χ4v) is 5.38. The van der Waals surface area contributed by atoms with Gasteiger partial charge in [0.15, 0.2) is 0 Å². The van der Waals surface area contributed by atoms with E-state index in [-0.39, 0.29) is 29.5 Å². The molecule has 7 heteroatoms. The van der Waals surface area contributed by atoms with Crippen LogP contribution < -0.4 is 0 Å². The highest BCUT2D eigenvalue weighted by atomic mass is 32.2. The molecule has 1 aromatic rings. The fraction of sp³-hybridized carbons (Fsp3) is 0.619. The van der Waals surface area contributed by atoms with Crippen LogP contribution in [0.2, 0.25) is 0 Å².